The zero-order chi connectivity index (χ0) is 15.9. The molecule has 0 bridgehead atoms. The molecular weight excluding hydrogens is 284 g/mol. The van der Waals surface area contributed by atoms with Crippen LogP contribution in [0.4, 0.5) is 5.69 Å². The maximum absolute atomic E-state index is 12.3. The van der Waals surface area contributed by atoms with Gasteiger partial charge >= 0.3 is 0 Å². The summed E-state index contributed by atoms with van der Waals surface area (Å²) < 4.78 is 11.4. The second-order valence-corrected chi connectivity index (χ2v) is 4.69. The summed E-state index contributed by atoms with van der Waals surface area (Å²) in [4.78, 5) is 23.9. The highest BCUT2D eigenvalue weighted by Gasteiger charge is 2.08. The first-order valence-electron chi connectivity index (χ1n) is 6.75. The van der Waals surface area contributed by atoms with E-state index in [1.807, 2.05) is 24.3 Å². The van der Waals surface area contributed by atoms with E-state index in [9.17, 15) is 9.59 Å². The van der Waals surface area contributed by atoms with Gasteiger partial charge in [-0.3, -0.25) is 9.59 Å². The highest BCUT2D eigenvalue weighted by molar-refractivity contribution is 5.91. The summed E-state index contributed by atoms with van der Waals surface area (Å²) >= 11 is 0. The van der Waals surface area contributed by atoms with E-state index in [-0.39, 0.29) is 23.8 Å². The Morgan fingerprint density at radius 3 is 2.77 bits per heavy atom. The highest BCUT2D eigenvalue weighted by Crippen LogP contribution is 2.13. The highest BCUT2D eigenvalue weighted by atomic mass is 16.5. The van der Waals surface area contributed by atoms with Gasteiger partial charge in [-0.25, -0.2) is 0 Å². The molecular formula is C16H18N2O4. The summed E-state index contributed by atoms with van der Waals surface area (Å²) in [5.74, 6) is 0.369. The molecule has 116 valence electrons. The third kappa shape index (κ3) is 3.95. The number of carbonyl (C=O) groups is 1. The van der Waals surface area contributed by atoms with Crippen LogP contribution < -0.4 is 15.6 Å². The van der Waals surface area contributed by atoms with E-state index in [0.717, 1.165) is 11.3 Å². The van der Waals surface area contributed by atoms with Gasteiger partial charge in [0.1, 0.15) is 18.0 Å². The Bertz CT molecular complexity index is 709. The number of rotatable bonds is 6. The van der Waals surface area contributed by atoms with Crippen molar-refractivity contribution in [3.63, 3.8) is 0 Å². The SMILES string of the molecule is COCC(=O)Nc1cccn(Cc2cccc(OC)c2)c1=O. The summed E-state index contributed by atoms with van der Waals surface area (Å²) in [5.41, 5.74) is 0.893. The minimum Gasteiger partial charge on any atom is -0.497 e. The van der Waals surface area contributed by atoms with Crippen molar-refractivity contribution in [2.24, 2.45) is 0 Å². The van der Waals surface area contributed by atoms with E-state index in [1.54, 1.807) is 25.4 Å². The van der Waals surface area contributed by atoms with Gasteiger partial charge in [-0.05, 0) is 29.8 Å². The fourth-order valence-corrected chi connectivity index (χ4v) is 2.04. The third-order valence-corrected chi connectivity index (χ3v) is 3.06. The Balaban J connectivity index is 2.21. The van der Waals surface area contributed by atoms with E-state index in [4.69, 9.17) is 9.47 Å². The normalized spacial score (nSPS) is 10.3. The molecule has 2 aromatic rings. The van der Waals surface area contributed by atoms with E-state index >= 15 is 0 Å². The second kappa shape index (κ2) is 7.42. The molecule has 1 N–H and O–H groups in total. The van der Waals surface area contributed by atoms with Crippen LogP contribution in [0.25, 0.3) is 0 Å². The van der Waals surface area contributed by atoms with Crippen LogP contribution in [0.15, 0.2) is 47.4 Å². The lowest BCUT2D eigenvalue weighted by Gasteiger charge is -2.10. The van der Waals surface area contributed by atoms with E-state index in [0.29, 0.717) is 6.54 Å². The van der Waals surface area contributed by atoms with Crippen molar-refractivity contribution >= 4 is 11.6 Å². The molecule has 1 aromatic heterocycles. The third-order valence-electron chi connectivity index (χ3n) is 3.06. The first-order chi connectivity index (χ1) is 10.6. The van der Waals surface area contributed by atoms with Crippen LogP contribution in [0.1, 0.15) is 5.56 Å². The fourth-order valence-electron chi connectivity index (χ4n) is 2.04. The summed E-state index contributed by atoms with van der Waals surface area (Å²) in [7, 11) is 3.02. The van der Waals surface area contributed by atoms with Gasteiger partial charge in [0.2, 0.25) is 5.91 Å². The van der Waals surface area contributed by atoms with Crippen molar-refractivity contribution in [1.29, 1.82) is 0 Å². The monoisotopic (exact) mass is 302 g/mol. The van der Waals surface area contributed by atoms with Gasteiger partial charge < -0.3 is 19.4 Å². The largest absolute Gasteiger partial charge is 0.497 e. The zero-order valence-corrected chi connectivity index (χ0v) is 12.5. The average molecular weight is 302 g/mol. The molecule has 0 fully saturated rings. The molecule has 0 unspecified atom stereocenters. The molecule has 1 aromatic carbocycles. The topological polar surface area (TPSA) is 69.6 Å². The standard InChI is InChI=1S/C16H18N2O4/c1-21-11-15(19)17-14-7-4-8-18(16(14)20)10-12-5-3-6-13(9-12)22-2/h3-9H,10-11H2,1-2H3,(H,17,19). The predicted octanol–water partition coefficient (Wildman–Crippen LogP) is 1.49. The number of nitrogens with one attached hydrogen (secondary N) is 1. The van der Waals surface area contributed by atoms with Crippen LogP contribution in [0, 0.1) is 0 Å². The van der Waals surface area contributed by atoms with Gasteiger partial charge in [0.15, 0.2) is 0 Å². The van der Waals surface area contributed by atoms with Crippen LogP contribution in [-0.4, -0.2) is 31.3 Å². The average Bonchev–Trinajstić information content (AvgIpc) is 2.52. The first kappa shape index (κ1) is 15.8. The molecule has 0 saturated carbocycles. The van der Waals surface area contributed by atoms with Gasteiger partial charge in [-0.1, -0.05) is 12.1 Å². The Kier molecular flexibility index (Phi) is 5.32. The maximum Gasteiger partial charge on any atom is 0.274 e. The van der Waals surface area contributed by atoms with Crippen molar-refractivity contribution in [2.75, 3.05) is 26.1 Å². The van der Waals surface area contributed by atoms with E-state index < -0.39 is 0 Å². The van der Waals surface area contributed by atoms with Crippen LogP contribution in [0.3, 0.4) is 0 Å². The van der Waals surface area contributed by atoms with Crippen molar-refractivity contribution in [2.45, 2.75) is 6.54 Å². The molecule has 22 heavy (non-hydrogen) atoms. The number of aromatic nitrogens is 1. The Hall–Kier alpha value is -2.60. The van der Waals surface area contributed by atoms with Crippen molar-refractivity contribution < 1.29 is 14.3 Å². The van der Waals surface area contributed by atoms with E-state index in [2.05, 4.69) is 5.32 Å². The number of hydrogen-bond donors (Lipinski definition) is 1. The summed E-state index contributed by atoms with van der Waals surface area (Å²) in [6.07, 6.45) is 1.67. The van der Waals surface area contributed by atoms with Gasteiger partial charge in [0.25, 0.3) is 5.56 Å². The zero-order valence-electron chi connectivity index (χ0n) is 12.5. The summed E-state index contributed by atoms with van der Waals surface area (Å²) in [6.45, 7) is 0.300. The number of benzene rings is 1. The molecule has 1 heterocycles. The van der Waals surface area contributed by atoms with Crippen molar-refractivity contribution in [3.8, 4) is 5.75 Å². The maximum atomic E-state index is 12.3. The molecule has 0 radical (unpaired) electrons. The Morgan fingerprint density at radius 2 is 2.05 bits per heavy atom. The fraction of sp³-hybridized carbons (Fsp3) is 0.250. The summed E-state index contributed by atoms with van der Waals surface area (Å²) in [5, 5.41) is 2.54. The Labute approximate surface area is 128 Å². The molecule has 6 nitrogen and oxygen atoms in total. The van der Waals surface area contributed by atoms with Gasteiger partial charge in [-0.2, -0.15) is 0 Å². The van der Waals surface area contributed by atoms with E-state index in [1.165, 1.54) is 11.7 Å². The van der Waals surface area contributed by atoms with Crippen molar-refractivity contribution in [1.82, 2.24) is 4.57 Å². The first-order valence-corrected chi connectivity index (χ1v) is 6.75. The molecule has 2 rings (SSSR count). The van der Waals surface area contributed by atoms with Gasteiger partial charge in [-0.15, -0.1) is 0 Å². The Morgan fingerprint density at radius 1 is 1.23 bits per heavy atom. The number of amides is 1. The van der Waals surface area contributed by atoms with Crippen LogP contribution in [0.5, 0.6) is 5.75 Å². The number of ether oxygens (including phenoxy) is 2. The molecule has 0 saturated heterocycles. The molecule has 1 amide bonds. The second-order valence-electron chi connectivity index (χ2n) is 4.69. The molecule has 0 aliphatic heterocycles. The number of carbonyl (C=O) groups excluding carboxylic acids is 1. The molecule has 0 aliphatic carbocycles. The predicted molar refractivity (Wildman–Crippen MR) is 83.3 cm³/mol. The minimum absolute atomic E-state index is 0.0930. The quantitative estimate of drug-likeness (QED) is 0.877. The number of nitrogens with zero attached hydrogens (tertiary/aromatic N) is 1. The molecule has 6 heteroatoms. The molecule has 0 aliphatic rings. The van der Waals surface area contributed by atoms with Crippen molar-refractivity contribution in [3.05, 3.63) is 58.5 Å². The number of hydrogen-bond acceptors (Lipinski definition) is 4. The molecule has 0 spiro atoms. The van der Waals surface area contributed by atoms with Gasteiger partial charge in [0, 0.05) is 13.3 Å². The number of anilines is 1. The minimum atomic E-state index is -0.362. The number of pyridine rings is 1. The lowest BCUT2D eigenvalue weighted by molar-refractivity contribution is -0.119. The lowest BCUT2D eigenvalue weighted by atomic mass is 10.2. The van der Waals surface area contributed by atoms with Crippen LogP contribution in [-0.2, 0) is 16.1 Å². The summed E-state index contributed by atoms with van der Waals surface area (Å²) in [6, 6.07) is 10.8. The van der Waals surface area contributed by atoms with Crippen LogP contribution in [0.2, 0.25) is 0 Å². The van der Waals surface area contributed by atoms with Crippen LogP contribution >= 0.6 is 0 Å². The molecule has 0 atom stereocenters. The lowest BCUT2D eigenvalue weighted by Crippen LogP contribution is -2.27. The number of methoxy groups -OCH3 is 2. The smallest absolute Gasteiger partial charge is 0.274 e. The van der Waals surface area contributed by atoms with Gasteiger partial charge in [0.05, 0.1) is 13.7 Å².